The second kappa shape index (κ2) is 5.57. The van der Waals surface area contributed by atoms with Gasteiger partial charge in [0.1, 0.15) is 0 Å². The van der Waals surface area contributed by atoms with Crippen LogP contribution in [0.25, 0.3) is 0 Å². The number of nitrogens with zero attached hydrogens (tertiary/aromatic N) is 2. The van der Waals surface area contributed by atoms with Gasteiger partial charge in [0.25, 0.3) is 5.91 Å². The molecule has 1 unspecified atom stereocenters. The number of carbonyl (C=O) groups is 1. The predicted molar refractivity (Wildman–Crippen MR) is 81.1 cm³/mol. The van der Waals surface area contributed by atoms with E-state index >= 15 is 0 Å². The summed E-state index contributed by atoms with van der Waals surface area (Å²) in [6, 6.07) is 6.89. The van der Waals surface area contributed by atoms with Gasteiger partial charge in [-0.25, -0.2) is 0 Å². The molecule has 20 heavy (non-hydrogen) atoms. The molecule has 2 aliphatic heterocycles. The van der Waals surface area contributed by atoms with Gasteiger partial charge in [0.2, 0.25) is 0 Å². The molecule has 1 atom stereocenters. The molecule has 1 saturated heterocycles. The third kappa shape index (κ3) is 2.59. The van der Waals surface area contributed by atoms with E-state index in [2.05, 4.69) is 24.8 Å². The minimum Gasteiger partial charge on any atom is -0.337 e. The summed E-state index contributed by atoms with van der Waals surface area (Å²) in [6.45, 7) is 8.34. The Morgan fingerprint density at radius 3 is 2.85 bits per heavy atom. The molecule has 0 aromatic heterocycles. The van der Waals surface area contributed by atoms with E-state index in [0.717, 1.165) is 31.6 Å². The molecule has 108 valence electrons. The Bertz CT molecular complexity index is 512. The molecule has 3 nitrogen and oxygen atoms in total. The highest BCUT2D eigenvalue weighted by molar-refractivity contribution is 5.96. The normalized spacial score (nSPS) is 23.2. The fraction of sp³-hybridized carbons (Fsp3) is 0.588. The molecule has 2 aliphatic rings. The Morgan fingerprint density at radius 2 is 2.10 bits per heavy atom. The molecule has 1 aromatic carbocycles. The topological polar surface area (TPSA) is 23.6 Å². The number of fused-ring (bicyclic) bond motifs is 1. The van der Waals surface area contributed by atoms with Crippen LogP contribution in [-0.2, 0) is 6.42 Å². The lowest BCUT2D eigenvalue weighted by atomic mass is 9.97. The number of carbonyl (C=O) groups excluding carboxylic acids is 1. The smallest absolute Gasteiger partial charge is 0.254 e. The summed E-state index contributed by atoms with van der Waals surface area (Å²) < 4.78 is 0. The van der Waals surface area contributed by atoms with Crippen molar-refractivity contribution in [2.24, 2.45) is 0 Å². The first-order valence-corrected chi connectivity index (χ1v) is 7.78. The molecule has 2 heterocycles. The maximum atomic E-state index is 12.5. The molecule has 0 bridgehead atoms. The Hall–Kier alpha value is -1.35. The molecule has 0 radical (unpaired) electrons. The summed E-state index contributed by atoms with van der Waals surface area (Å²) in [4.78, 5) is 17.1. The molecule has 0 spiro atoms. The summed E-state index contributed by atoms with van der Waals surface area (Å²) in [7, 11) is 0. The van der Waals surface area contributed by atoms with Crippen molar-refractivity contribution in [3.05, 3.63) is 34.9 Å². The fourth-order valence-electron chi connectivity index (χ4n) is 3.45. The highest BCUT2D eigenvalue weighted by Crippen LogP contribution is 2.21. The number of hydrogen-bond acceptors (Lipinski definition) is 2. The molecule has 3 heteroatoms. The lowest BCUT2D eigenvalue weighted by Crippen LogP contribution is -2.43. The van der Waals surface area contributed by atoms with Crippen molar-refractivity contribution in [2.75, 3.05) is 26.2 Å². The summed E-state index contributed by atoms with van der Waals surface area (Å²) in [5.41, 5.74) is 3.38. The van der Waals surface area contributed by atoms with Crippen molar-refractivity contribution in [3.8, 4) is 0 Å². The van der Waals surface area contributed by atoms with Crippen molar-refractivity contribution >= 4 is 5.91 Å². The fourth-order valence-corrected chi connectivity index (χ4v) is 3.45. The van der Waals surface area contributed by atoms with Crippen molar-refractivity contribution in [2.45, 2.75) is 39.2 Å². The van der Waals surface area contributed by atoms with Gasteiger partial charge >= 0.3 is 0 Å². The standard InChI is InChI=1S/C17H24N2O/c1-13-5-6-16-15(12-13)7-9-19(17(16)20)11-10-18-8-3-4-14(18)2/h5-6,12,14H,3-4,7-11H2,1-2H3. The van der Waals surface area contributed by atoms with E-state index in [1.165, 1.54) is 30.5 Å². The minimum atomic E-state index is 0.220. The van der Waals surface area contributed by atoms with Gasteiger partial charge in [0.15, 0.2) is 0 Å². The zero-order chi connectivity index (χ0) is 14.1. The lowest BCUT2D eigenvalue weighted by Gasteiger charge is -2.31. The van der Waals surface area contributed by atoms with Gasteiger partial charge < -0.3 is 4.90 Å². The van der Waals surface area contributed by atoms with E-state index < -0.39 is 0 Å². The summed E-state index contributed by atoms with van der Waals surface area (Å²) >= 11 is 0. The minimum absolute atomic E-state index is 0.220. The van der Waals surface area contributed by atoms with Crippen molar-refractivity contribution in [1.82, 2.24) is 9.80 Å². The van der Waals surface area contributed by atoms with Gasteiger partial charge in [-0.1, -0.05) is 17.7 Å². The third-order valence-electron chi connectivity index (χ3n) is 4.78. The molecule has 1 amide bonds. The van der Waals surface area contributed by atoms with Gasteiger partial charge in [-0.3, -0.25) is 9.69 Å². The molecule has 0 N–H and O–H groups in total. The van der Waals surface area contributed by atoms with Crippen molar-refractivity contribution in [3.63, 3.8) is 0 Å². The first-order chi connectivity index (χ1) is 9.65. The zero-order valence-corrected chi connectivity index (χ0v) is 12.6. The average Bonchev–Trinajstić information content (AvgIpc) is 2.83. The number of amides is 1. The number of likely N-dealkylation sites (tertiary alicyclic amines) is 1. The molecule has 1 fully saturated rings. The Labute approximate surface area is 121 Å². The van der Waals surface area contributed by atoms with Crippen molar-refractivity contribution < 1.29 is 4.79 Å². The summed E-state index contributed by atoms with van der Waals surface area (Å²) in [5, 5.41) is 0. The number of rotatable bonds is 3. The monoisotopic (exact) mass is 272 g/mol. The van der Waals surface area contributed by atoms with Crippen LogP contribution in [0.3, 0.4) is 0 Å². The molecular weight excluding hydrogens is 248 g/mol. The Kier molecular flexibility index (Phi) is 3.79. The van der Waals surface area contributed by atoms with Gasteiger partial charge in [0, 0.05) is 31.2 Å². The lowest BCUT2D eigenvalue weighted by molar-refractivity contribution is 0.0717. The first-order valence-electron chi connectivity index (χ1n) is 7.78. The average molecular weight is 272 g/mol. The van der Waals surface area contributed by atoms with Gasteiger partial charge in [-0.2, -0.15) is 0 Å². The largest absolute Gasteiger partial charge is 0.337 e. The maximum Gasteiger partial charge on any atom is 0.254 e. The molecular formula is C17H24N2O. The van der Waals surface area contributed by atoms with Gasteiger partial charge in [0.05, 0.1) is 0 Å². The van der Waals surface area contributed by atoms with E-state index in [-0.39, 0.29) is 5.91 Å². The van der Waals surface area contributed by atoms with Crippen LogP contribution in [0.2, 0.25) is 0 Å². The van der Waals surface area contributed by atoms with Gasteiger partial charge in [-0.05, 0) is 51.3 Å². The summed E-state index contributed by atoms with van der Waals surface area (Å²) in [5.74, 6) is 0.220. The summed E-state index contributed by atoms with van der Waals surface area (Å²) in [6.07, 6.45) is 3.60. The van der Waals surface area contributed by atoms with Crippen LogP contribution in [0, 0.1) is 6.92 Å². The Morgan fingerprint density at radius 1 is 1.25 bits per heavy atom. The van der Waals surface area contributed by atoms with Gasteiger partial charge in [-0.15, -0.1) is 0 Å². The SMILES string of the molecule is Cc1ccc2c(c1)CCN(CCN1CCCC1C)C2=O. The van der Waals surface area contributed by atoms with Crippen LogP contribution in [0.1, 0.15) is 41.3 Å². The number of hydrogen-bond donors (Lipinski definition) is 0. The maximum absolute atomic E-state index is 12.5. The highest BCUT2D eigenvalue weighted by atomic mass is 16.2. The zero-order valence-electron chi connectivity index (χ0n) is 12.6. The number of aryl methyl sites for hydroxylation is 1. The Balaban J connectivity index is 1.65. The predicted octanol–water partition coefficient (Wildman–Crippen LogP) is 2.48. The van der Waals surface area contributed by atoms with Crippen LogP contribution in [0.15, 0.2) is 18.2 Å². The molecule has 0 aliphatic carbocycles. The second-order valence-corrected chi connectivity index (χ2v) is 6.23. The number of benzene rings is 1. The van der Waals surface area contributed by atoms with E-state index in [1.54, 1.807) is 0 Å². The second-order valence-electron chi connectivity index (χ2n) is 6.23. The quantitative estimate of drug-likeness (QED) is 0.844. The van der Waals surface area contributed by atoms with Crippen LogP contribution in [-0.4, -0.2) is 47.9 Å². The van der Waals surface area contributed by atoms with E-state index in [9.17, 15) is 4.79 Å². The van der Waals surface area contributed by atoms with E-state index in [4.69, 9.17) is 0 Å². The third-order valence-corrected chi connectivity index (χ3v) is 4.78. The van der Waals surface area contributed by atoms with Crippen LogP contribution in [0.4, 0.5) is 0 Å². The van der Waals surface area contributed by atoms with Crippen LogP contribution < -0.4 is 0 Å². The first kappa shape index (κ1) is 13.6. The van der Waals surface area contributed by atoms with E-state index in [0.29, 0.717) is 6.04 Å². The van der Waals surface area contributed by atoms with Crippen LogP contribution >= 0.6 is 0 Å². The molecule has 0 saturated carbocycles. The van der Waals surface area contributed by atoms with Crippen LogP contribution in [0.5, 0.6) is 0 Å². The van der Waals surface area contributed by atoms with Crippen molar-refractivity contribution in [1.29, 1.82) is 0 Å². The van der Waals surface area contributed by atoms with E-state index in [1.807, 2.05) is 17.0 Å². The highest BCUT2D eigenvalue weighted by Gasteiger charge is 2.26. The molecule has 1 aromatic rings. The molecule has 3 rings (SSSR count).